The van der Waals surface area contributed by atoms with Gasteiger partial charge in [0.1, 0.15) is 5.75 Å². The number of fused-ring (bicyclic) bond motifs is 1. The second-order valence-corrected chi connectivity index (χ2v) is 6.04. The van der Waals surface area contributed by atoms with Crippen molar-refractivity contribution in [1.82, 2.24) is 9.55 Å². The second kappa shape index (κ2) is 6.35. The van der Waals surface area contributed by atoms with Crippen LogP contribution in [0.15, 0.2) is 40.4 Å². The molecule has 2 aromatic rings. The maximum Gasteiger partial charge on any atom is 0.273 e. The van der Waals surface area contributed by atoms with Crippen LogP contribution in [0.25, 0.3) is 0 Å². The Morgan fingerprint density at radius 2 is 2.29 bits per heavy atom. The number of thioether (sulfide) groups is 1. The fourth-order valence-corrected chi connectivity index (χ4v) is 3.46. The smallest absolute Gasteiger partial charge is 0.273 e. The number of hydrogen-bond donors (Lipinski definition) is 0. The van der Waals surface area contributed by atoms with Gasteiger partial charge in [0.05, 0.1) is 6.61 Å². The summed E-state index contributed by atoms with van der Waals surface area (Å²) in [4.78, 5) is 15.5. The van der Waals surface area contributed by atoms with Gasteiger partial charge in [-0.15, -0.1) is 0 Å². The molecule has 0 saturated heterocycles. The maximum absolute atomic E-state index is 11.4. The quantitative estimate of drug-likeness (QED) is 0.629. The molecule has 21 heavy (non-hydrogen) atoms. The second-order valence-electron chi connectivity index (χ2n) is 4.97. The first-order valence-electron chi connectivity index (χ1n) is 7.21. The highest BCUT2D eigenvalue weighted by Crippen LogP contribution is 2.26. The zero-order valence-electron chi connectivity index (χ0n) is 12.0. The van der Waals surface area contributed by atoms with E-state index in [0.29, 0.717) is 0 Å². The third-order valence-corrected chi connectivity index (χ3v) is 4.56. The number of hydrogen-bond acceptors (Lipinski definition) is 4. The molecule has 0 spiro atoms. The average Bonchev–Trinajstić information content (AvgIpc) is 2.95. The molecular weight excluding hydrogens is 284 g/mol. The van der Waals surface area contributed by atoms with E-state index < -0.39 is 0 Å². The van der Waals surface area contributed by atoms with Gasteiger partial charge in [-0.2, -0.15) is 4.98 Å². The van der Waals surface area contributed by atoms with Crippen molar-refractivity contribution in [3.8, 4) is 5.75 Å². The van der Waals surface area contributed by atoms with Gasteiger partial charge in [0.15, 0.2) is 5.16 Å². The minimum atomic E-state index is -0.170. The lowest BCUT2D eigenvalue weighted by Gasteiger charge is -2.09. The van der Waals surface area contributed by atoms with Crippen molar-refractivity contribution in [1.29, 1.82) is 0 Å². The summed E-state index contributed by atoms with van der Waals surface area (Å²) in [5.41, 5.74) is 2.45. The number of benzene rings is 1. The van der Waals surface area contributed by atoms with Gasteiger partial charge < -0.3 is 9.30 Å². The van der Waals surface area contributed by atoms with Crippen LogP contribution < -0.4 is 10.3 Å². The molecule has 0 saturated carbocycles. The van der Waals surface area contributed by atoms with Crippen LogP contribution >= 0.6 is 11.8 Å². The molecule has 0 aliphatic carbocycles. The van der Waals surface area contributed by atoms with E-state index in [-0.39, 0.29) is 5.56 Å². The number of aryl methyl sites for hydroxylation is 2. The van der Waals surface area contributed by atoms with Crippen LogP contribution in [0.5, 0.6) is 5.75 Å². The molecule has 110 valence electrons. The van der Waals surface area contributed by atoms with Crippen LogP contribution in [0.1, 0.15) is 18.1 Å². The van der Waals surface area contributed by atoms with Crippen molar-refractivity contribution >= 4 is 11.8 Å². The van der Waals surface area contributed by atoms with Gasteiger partial charge in [0, 0.05) is 31.0 Å². The monoisotopic (exact) mass is 302 g/mol. The Morgan fingerprint density at radius 3 is 3.14 bits per heavy atom. The molecule has 4 nitrogen and oxygen atoms in total. The highest BCUT2D eigenvalue weighted by atomic mass is 32.2. The summed E-state index contributed by atoms with van der Waals surface area (Å²) in [7, 11) is 0. The van der Waals surface area contributed by atoms with E-state index in [1.54, 1.807) is 11.8 Å². The van der Waals surface area contributed by atoms with Crippen LogP contribution in [-0.2, 0) is 19.4 Å². The van der Waals surface area contributed by atoms with Gasteiger partial charge in [0.2, 0.25) is 0 Å². The summed E-state index contributed by atoms with van der Waals surface area (Å²) in [6.07, 6.45) is 3.78. The number of rotatable bonds is 5. The fraction of sp³-hybridized carbons (Fsp3) is 0.375. The Hall–Kier alpha value is -1.75. The molecule has 0 radical (unpaired) electrons. The van der Waals surface area contributed by atoms with E-state index in [1.165, 1.54) is 17.2 Å². The summed E-state index contributed by atoms with van der Waals surface area (Å²) in [6, 6.07) is 7.92. The van der Waals surface area contributed by atoms with Crippen LogP contribution in [0.3, 0.4) is 0 Å². The first kappa shape index (κ1) is 14.2. The van der Waals surface area contributed by atoms with Crippen molar-refractivity contribution in [2.24, 2.45) is 0 Å². The SMILES string of the molecule is CCn1ccc(=O)nc1SCCc1ccc2c(c1)CCO2. The van der Waals surface area contributed by atoms with Gasteiger partial charge in [0.25, 0.3) is 5.56 Å². The van der Waals surface area contributed by atoms with Crippen LogP contribution in [-0.4, -0.2) is 21.9 Å². The Balaban J connectivity index is 1.64. The third kappa shape index (κ3) is 3.29. The predicted octanol–water partition coefficient (Wildman–Crippen LogP) is 2.53. The van der Waals surface area contributed by atoms with Crippen molar-refractivity contribution < 1.29 is 4.74 Å². The Bertz CT molecular complexity index is 697. The lowest BCUT2D eigenvalue weighted by atomic mass is 10.1. The summed E-state index contributed by atoms with van der Waals surface area (Å²) in [5.74, 6) is 1.94. The molecule has 3 rings (SSSR count). The summed E-state index contributed by atoms with van der Waals surface area (Å²) >= 11 is 1.63. The van der Waals surface area contributed by atoms with E-state index in [2.05, 4.69) is 30.1 Å². The topological polar surface area (TPSA) is 44.1 Å². The molecule has 0 fully saturated rings. The lowest BCUT2D eigenvalue weighted by molar-refractivity contribution is 0.357. The molecule has 5 heteroatoms. The summed E-state index contributed by atoms with van der Waals surface area (Å²) in [6.45, 7) is 3.67. The molecule has 1 aliphatic rings. The van der Waals surface area contributed by atoms with Gasteiger partial charge in [-0.05, 0) is 30.5 Å². The van der Waals surface area contributed by atoms with Crippen molar-refractivity contribution in [3.63, 3.8) is 0 Å². The molecule has 0 atom stereocenters. The van der Waals surface area contributed by atoms with Crippen molar-refractivity contribution in [2.45, 2.75) is 31.5 Å². The van der Waals surface area contributed by atoms with Gasteiger partial charge in [-0.1, -0.05) is 23.9 Å². The van der Waals surface area contributed by atoms with Crippen LogP contribution in [0.2, 0.25) is 0 Å². The maximum atomic E-state index is 11.4. The van der Waals surface area contributed by atoms with Crippen LogP contribution in [0.4, 0.5) is 0 Å². The minimum absolute atomic E-state index is 0.170. The zero-order chi connectivity index (χ0) is 14.7. The van der Waals surface area contributed by atoms with E-state index in [9.17, 15) is 4.79 Å². The highest BCUT2D eigenvalue weighted by Gasteiger charge is 2.12. The number of aromatic nitrogens is 2. The average molecular weight is 302 g/mol. The Kier molecular flexibility index (Phi) is 4.29. The molecule has 2 heterocycles. The fourth-order valence-electron chi connectivity index (χ4n) is 2.42. The molecular formula is C16H18N2O2S. The number of ether oxygens (including phenoxy) is 1. The normalized spacial score (nSPS) is 13.0. The highest BCUT2D eigenvalue weighted by molar-refractivity contribution is 7.99. The van der Waals surface area contributed by atoms with Gasteiger partial charge >= 0.3 is 0 Å². The standard InChI is InChI=1S/C16H18N2O2S/c1-2-18-8-5-15(19)17-16(18)21-10-7-12-3-4-14-13(11-12)6-9-20-14/h3-5,8,11H,2,6-7,9-10H2,1H3. The first-order chi connectivity index (χ1) is 10.3. The van der Waals surface area contributed by atoms with Gasteiger partial charge in [-0.25, -0.2) is 0 Å². The third-order valence-electron chi connectivity index (χ3n) is 3.57. The van der Waals surface area contributed by atoms with Crippen LogP contribution in [0, 0.1) is 0 Å². The molecule has 0 bridgehead atoms. The summed E-state index contributed by atoms with van der Waals surface area (Å²) in [5, 5.41) is 0.800. The minimum Gasteiger partial charge on any atom is -0.493 e. The largest absolute Gasteiger partial charge is 0.493 e. The first-order valence-corrected chi connectivity index (χ1v) is 8.19. The molecule has 1 aromatic heterocycles. The Labute approximate surface area is 128 Å². The van der Waals surface area contributed by atoms with Crippen molar-refractivity contribution in [3.05, 3.63) is 51.9 Å². The van der Waals surface area contributed by atoms with E-state index in [4.69, 9.17) is 4.74 Å². The molecule has 0 N–H and O–H groups in total. The van der Waals surface area contributed by atoms with E-state index in [0.717, 1.165) is 42.7 Å². The lowest BCUT2D eigenvalue weighted by Crippen LogP contribution is -2.12. The molecule has 1 aliphatic heterocycles. The Morgan fingerprint density at radius 1 is 1.38 bits per heavy atom. The molecule has 1 aromatic carbocycles. The van der Waals surface area contributed by atoms with Crippen molar-refractivity contribution in [2.75, 3.05) is 12.4 Å². The molecule has 0 unspecified atom stereocenters. The van der Waals surface area contributed by atoms with Gasteiger partial charge in [-0.3, -0.25) is 4.79 Å². The molecule has 0 amide bonds. The predicted molar refractivity (Wildman–Crippen MR) is 84.2 cm³/mol. The summed E-state index contributed by atoms with van der Waals surface area (Å²) < 4.78 is 7.52. The van der Waals surface area contributed by atoms with E-state index in [1.807, 2.05) is 10.8 Å². The number of nitrogens with zero attached hydrogens (tertiary/aromatic N) is 2. The van der Waals surface area contributed by atoms with E-state index >= 15 is 0 Å². The zero-order valence-corrected chi connectivity index (χ0v) is 12.9.